The zero-order valence-corrected chi connectivity index (χ0v) is 15.3. The topological polar surface area (TPSA) is 88.2 Å². The maximum absolute atomic E-state index is 12.3. The van der Waals surface area contributed by atoms with Crippen LogP contribution in [-0.4, -0.2) is 60.0 Å². The molecule has 1 N–H and O–H groups in total. The monoisotopic (exact) mass is 344 g/mol. The van der Waals surface area contributed by atoms with E-state index in [9.17, 15) is 8.42 Å². The third kappa shape index (κ3) is 4.99. The van der Waals surface area contributed by atoms with Crippen molar-refractivity contribution in [3.63, 3.8) is 0 Å². The molecular formula is C15H28N4O3S. The molecule has 0 amide bonds. The molecule has 0 spiro atoms. The van der Waals surface area contributed by atoms with Gasteiger partial charge in [0.25, 0.3) is 0 Å². The lowest BCUT2D eigenvalue weighted by Gasteiger charge is -2.31. The van der Waals surface area contributed by atoms with E-state index in [4.69, 9.17) is 4.74 Å². The Labute approximate surface area is 138 Å². The minimum Gasteiger partial charge on any atom is -0.381 e. The molecule has 0 aromatic carbocycles. The number of methoxy groups -OCH3 is 1. The molecule has 1 saturated heterocycles. The van der Waals surface area contributed by atoms with Crippen LogP contribution in [-0.2, 0) is 21.2 Å². The standard InChI is InChI=1S/C15H28N4O3S/c1-11(2)15-16-14(17-18-15)9-13-5-7-19(8-6-13)23(20,21)10-12(3)22-4/h11-13H,5-10H2,1-4H3,(H,16,17,18). The third-order valence-corrected chi connectivity index (χ3v) is 6.40. The van der Waals surface area contributed by atoms with Crippen LogP contribution in [0.25, 0.3) is 0 Å². The molecule has 1 fully saturated rings. The molecule has 1 unspecified atom stereocenters. The fourth-order valence-electron chi connectivity index (χ4n) is 2.79. The minimum atomic E-state index is -3.23. The predicted molar refractivity (Wildman–Crippen MR) is 88.7 cm³/mol. The Hall–Kier alpha value is -0.990. The average molecular weight is 344 g/mol. The Morgan fingerprint density at radius 2 is 1.96 bits per heavy atom. The SMILES string of the molecule is COC(C)CS(=O)(=O)N1CCC(Cc2nc(C(C)C)n[nH]2)CC1. The second-order valence-corrected chi connectivity index (χ2v) is 8.68. The van der Waals surface area contributed by atoms with Crippen molar-refractivity contribution in [2.75, 3.05) is 26.0 Å². The van der Waals surface area contributed by atoms with E-state index in [1.165, 1.54) is 7.11 Å². The first kappa shape index (κ1) is 18.4. The summed E-state index contributed by atoms with van der Waals surface area (Å²) in [6.07, 6.45) is 2.28. The van der Waals surface area contributed by atoms with E-state index in [0.29, 0.717) is 24.9 Å². The van der Waals surface area contributed by atoms with E-state index in [1.807, 2.05) is 0 Å². The Morgan fingerprint density at radius 3 is 2.48 bits per heavy atom. The van der Waals surface area contributed by atoms with Crippen molar-refractivity contribution in [1.82, 2.24) is 19.5 Å². The summed E-state index contributed by atoms with van der Waals surface area (Å²) in [5.74, 6) is 2.56. The normalized spacial score (nSPS) is 19.3. The fourth-order valence-corrected chi connectivity index (χ4v) is 4.50. The highest BCUT2D eigenvalue weighted by molar-refractivity contribution is 7.89. The van der Waals surface area contributed by atoms with E-state index in [-0.39, 0.29) is 11.9 Å². The molecule has 1 aromatic heterocycles. The summed E-state index contributed by atoms with van der Waals surface area (Å²) in [5, 5.41) is 7.22. The van der Waals surface area contributed by atoms with Crippen LogP contribution < -0.4 is 0 Å². The van der Waals surface area contributed by atoms with Crippen molar-refractivity contribution < 1.29 is 13.2 Å². The van der Waals surface area contributed by atoms with E-state index in [1.54, 1.807) is 11.2 Å². The summed E-state index contributed by atoms with van der Waals surface area (Å²) in [4.78, 5) is 4.51. The fraction of sp³-hybridized carbons (Fsp3) is 0.867. The number of piperidine rings is 1. The van der Waals surface area contributed by atoms with Crippen LogP contribution in [0.1, 0.15) is 51.2 Å². The van der Waals surface area contributed by atoms with Gasteiger partial charge < -0.3 is 4.74 Å². The van der Waals surface area contributed by atoms with Gasteiger partial charge in [0.2, 0.25) is 10.0 Å². The van der Waals surface area contributed by atoms with E-state index in [0.717, 1.165) is 30.9 Å². The number of aromatic amines is 1. The van der Waals surface area contributed by atoms with Crippen molar-refractivity contribution in [1.29, 1.82) is 0 Å². The molecule has 0 bridgehead atoms. The maximum Gasteiger partial charge on any atom is 0.216 e. The number of nitrogens with one attached hydrogen (secondary N) is 1. The van der Waals surface area contributed by atoms with Gasteiger partial charge in [-0.2, -0.15) is 5.10 Å². The Bertz CT molecular complexity index is 592. The van der Waals surface area contributed by atoms with E-state index < -0.39 is 10.0 Å². The minimum absolute atomic E-state index is 0.0496. The lowest BCUT2D eigenvalue weighted by molar-refractivity contribution is 0.134. The molecule has 7 nitrogen and oxygen atoms in total. The summed E-state index contributed by atoms with van der Waals surface area (Å²) in [6.45, 7) is 7.07. The first-order valence-corrected chi connectivity index (χ1v) is 9.84. The van der Waals surface area contributed by atoms with Crippen LogP contribution >= 0.6 is 0 Å². The highest BCUT2D eigenvalue weighted by Crippen LogP contribution is 2.23. The van der Waals surface area contributed by atoms with Crippen LogP contribution in [0.2, 0.25) is 0 Å². The molecule has 8 heteroatoms. The second kappa shape index (κ2) is 7.72. The number of aromatic nitrogens is 3. The molecule has 2 rings (SSSR count). The van der Waals surface area contributed by atoms with Crippen molar-refractivity contribution in [3.8, 4) is 0 Å². The molecular weight excluding hydrogens is 316 g/mol. The van der Waals surface area contributed by atoms with Crippen LogP contribution in [0.5, 0.6) is 0 Å². The first-order valence-electron chi connectivity index (χ1n) is 8.23. The predicted octanol–water partition coefficient (Wildman–Crippen LogP) is 1.55. The van der Waals surface area contributed by atoms with Gasteiger partial charge in [0.05, 0.1) is 11.9 Å². The lowest BCUT2D eigenvalue weighted by Crippen LogP contribution is -2.42. The largest absolute Gasteiger partial charge is 0.381 e. The Kier molecular flexibility index (Phi) is 6.16. The molecule has 1 aliphatic rings. The number of H-pyrrole nitrogens is 1. The smallest absolute Gasteiger partial charge is 0.216 e. The molecule has 1 atom stereocenters. The molecule has 0 radical (unpaired) electrons. The van der Waals surface area contributed by atoms with Gasteiger partial charge in [0, 0.05) is 32.5 Å². The van der Waals surface area contributed by atoms with Gasteiger partial charge in [-0.25, -0.2) is 17.7 Å². The molecule has 1 aromatic rings. The lowest BCUT2D eigenvalue weighted by atomic mass is 9.94. The van der Waals surface area contributed by atoms with Crippen LogP contribution in [0, 0.1) is 5.92 Å². The quantitative estimate of drug-likeness (QED) is 0.811. The number of rotatable bonds is 7. The first-order chi connectivity index (χ1) is 10.8. The summed E-state index contributed by atoms with van der Waals surface area (Å²) in [6, 6.07) is 0. The van der Waals surface area contributed by atoms with E-state index in [2.05, 4.69) is 29.0 Å². The molecule has 23 heavy (non-hydrogen) atoms. The van der Waals surface area contributed by atoms with E-state index >= 15 is 0 Å². The highest BCUT2D eigenvalue weighted by Gasteiger charge is 2.29. The van der Waals surface area contributed by atoms with Crippen molar-refractivity contribution in [2.45, 2.75) is 52.1 Å². The molecule has 2 heterocycles. The van der Waals surface area contributed by atoms with Crippen molar-refractivity contribution >= 4 is 10.0 Å². The number of sulfonamides is 1. The summed E-state index contributed by atoms with van der Waals surface area (Å²) >= 11 is 0. The zero-order valence-electron chi connectivity index (χ0n) is 14.4. The van der Waals surface area contributed by atoms with Gasteiger partial charge >= 0.3 is 0 Å². The highest BCUT2D eigenvalue weighted by atomic mass is 32.2. The Morgan fingerprint density at radius 1 is 1.30 bits per heavy atom. The zero-order chi connectivity index (χ0) is 17.0. The molecule has 0 saturated carbocycles. The number of nitrogens with zero attached hydrogens (tertiary/aromatic N) is 3. The maximum atomic E-state index is 12.3. The number of ether oxygens (including phenoxy) is 1. The van der Waals surface area contributed by atoms with Gasteiger partial charge in [0.1, 0.15) is 5.82 Å². The van der Waals surface area contributed by atoms with Crippen LogP contribution in [0.4, 0.5) is 0 Å². The molecule has 132 valence electrons. The van der Waals surface area contributed by atoms with Gasteiger partial charge in [-0.05, 0) is 25.7 Å². The average Bonchev–Trinajstić information content (AvgIpc) is 2.96. The van der Waals surface area contributed by atoms with Gasteiger partial charge in [-0.3, -0.25) is 5.10 Å². The van der Waals surface area contributed by atoms with Gasteiger partial charge in [-0.1, -0.05) is 13.8 Å². The summed E-state index contributed by atoms with van der Waals surface area (Å²) in [5.41, 5.74) is 0. The van der Waals surface area contributed by atoms with Crippen LogP contribution in [0.3, 0.4) is 0 Å². The van der Waals surface area contributed by atoms with Gasteiger partial charge in [0.15, 0.2) is 5.82 Å². The molecule has 0 aliphatic carbocycles. The summed E-state index contributed by atoms with van der Waals surface area (Å²) in [7, 11) is -1.69. The van der Waals surface area contributed by atoms with Crippen LogP contribution in [0.15, 0.2) is 0 Å². The number of hydrogen-bond donors (Lipinski definition) is 1. The number of hydrogen-bond acceptors (Lipinski definition) is 5. The van der Waals surface area contributed by atoms with Gasteiger partial charge in [-0.15, -0.1) is 0 Å². The van der Waals surface area contributed by atoms with Crippen molar-refractivity contribution in [2.24, 2.45) is 5.92 Å². The third-order valence-electron chi connectivity index (χ3n) is 4.36. The Balaban J connectivity index is 1.85. The summed E-state index contributed by atoms with van der Waals surface area (Å²) < 4.78 is 31.3. The molecule has 1 aliphatic heterocycles. The second-order valence-electron chi connectivity index (χ2n) is 6.67. The van der Waals surface area contributed by atoms with Crippen molar-refractivity contribution in [3.05, 3.63) is 11.6 Å².